The van der Waals surface area contributed by atoms with E-state index in [0.29, 0.717) is 0 Å². The van der Waals surface area contributed by atoms with Gasteiger partial charge in [0, 0.05) is 10.5 Å². The van der Waals surface area contributed by atoms with Crippen molar-refractivity contribution in [3.8, 4) is 0 Å². The van der Waals surface area contributed by atoms with E-state index in [1.807, 2.05) is 43.3 Å². The van der Waals surface area contributed by atoms with E-state index in [0.717, 1.165) is 25.9 Å². The van der Waals surface area contributed by atoms with Gasteiger partial charge < -0.3 is 10.9 Å². The molecule has 0 aliphatic carbocycles. The fourth-order valence-corrected chi connectivity index (χ4v) is 4.18. The summed E-state index contributed by atoms with van der Waals surface area (Å²) < 4.78 is 2.19. The molecule has 0 aliphatic rings. The lowest BCUT2D eigenvalue weighted by Gasteiger charge is -2.05. The average molecular weight is 315 g/mol. The molecule has 0 amide bonds. The molecule has 0 bridgehead atoms. The summed E-state index contributed by atoms with van der Waals surface area (Å²) in [5.74, 6) is 0.129. The van der Waals surface area contributed by atoms with Crippen LogP contribution in [0.5, 0.6) is 0 Å². The first-order valence-corrected chi connectivity index (χ1v) is 7.92. The first-order valence-electron chi connectivity index (χ1n) is 6.29. The van der Waals surface area contributed by atoms with Gasteiger partial charge >= 0.3 is 0 Å². The van der Waals surface area contributed by atoms with E-state index >= 15 is 0 Å². The van der Waals surface area contributed by atoms with Crippen LogP contribution in [0.3, 0.4) is 0 Å². The molecule has 0 fully saturated rings. The van der Waals surface area contributed by atoms with Gasteiger partial charge in [0.1, 0.15) is 0 Å². The third kappa shape index (κ3) is 2.86. The normalized spacial score (nSPS) is 12.0. The molecule has 1 heterocycles. The lowest BCUT2D eigenvalue weighted by molar-refractivity contribution is 0.318. The largest absolute Gasteiger partial charge is 0.409 e. The van der Waals surface area contributed by atoms with Crippen LogP contribution in [-0.2, 0) is 0 Å². The van der Waals surface area contributed by atoms with Gasteiger partial charge in [0.15, 0.2) is 10.2 Å². The Kier molecular flexibility index (Phi) is 3.81. The van der Waals surface area contributed by atoms with Crippen LogP contribution in [0.1, 0.15) is 11.1 Å². The number of amidine groups is 1. The van der Waals surface area contributed by atoms with Crippen molar-refractivity contribution in [3.63, 3.8) is 0 Å². The number of hydrogen-bond donors (Lipinski definition) is 2. The van der Waals surface area contributed by atoms with Gasteiger partial charge in [-0.1, -0.05) is 29.1 Å². The summed E-state index contributed by atoms with van der Waals surface area (Å²) in [7, 11) is 0. The lowest BCUT2D eigenvalue weighted by atomic mass is 10.1. The zero-order valence-corrected chi connectivity index (χ0v) is 12.9. The number of fused-ring (bicyclic) bond motifs is 1. The summed E-state index contributed by atoms with van der Waals surface area (Å²) in [5.41, 5.74) is 8.37. The van der Waals surface area contributed by atoms with Crippen molar-refractivity contribution >= 4 is 39.2 Å². The van der Waals surface area contributed by atoms with Crippen molar-refractivity contribution in [2.24, 2.45) is 10.9 Å². The predicted octanol–water partition coefficient (Wildman–Crippen LogP) is 3.85. The van der Waals surface area contributed by atoms with Gasteiger partial charge in [0.05, 0.1) is 10.2 Å². The van der Waals surface area contributed by atoms with E-state index in [-0.39, 0.29) is 5.84 Å². The second-order valence-electron chi connectivity index (χ2n) is 4.51. The molecule has 0 aliphatic heterocycles. The van der Waals surface area contributed by atoms with Crippen molar-refractivity contribution in [1.29, 1.82) is 0 Å². The van der Waals surface area contributed by atoms with Crippen LogP contribution in [0.25, 0.3) is 10.2 Å². The molecule has 6 heteroatoms. The van der Waals surface area contributed by atoms with Crippen molar-refractivity contribution in [1.82, 2.24) is 4.98 Å². The summed E-state index contributed by atoms with van der Waals surface area (Å²) in [6.45, 7) is 1.94. The number of nitrogens with zero attached hydrogens (tertiary/aromatic N) is 2. The van der Waals surface area contributed by atoms with E-state index in [4.69, 9.17) is 10.9 Å². The van der Waals surface area contributed by atoms with E-state index in [1.165, 1.54) is 4.70 Å². The van der Waals surface area contributed by atoms with Crippen LogP contribution in [0.4, 0.5) is 0 Å². The minimum Gasteiger partial charge on any atom is -0.409 e. The van der Waals surface area contributed by atoms with Crippen molar-refractivity contribution in [2.75, 3.05) is 0 Å². The highest BCUT2D eigenvalue weighted by atomic mass is 32.2. The molecule has 1 aromatic heterocycles. The number of rotatable bonds is 3. The number of para-hydroxylation sites is 1. The summed E-state index contributed by atoms with van der Waals surface area (Å²) in [6, 6.07) is 13.9. The van der Waals surface area contributed by atoms with Crippen molar-refractivity contribution in [3.05, 3.63) is 53.6 Å². The Bertz CT molecular complexity index is 794. The average Bonchev–Trinajstić information content (AvgIpc) is 2.88. The zero-order chi connectivity index (χ0) is 14.8. The molecule has 4 nitrogen and oxygen atoms in total. The number of nitrogens with two attached hydrogens (primary N) is 1. The quantitative estimate of drug-likeness (QED) is 0.333. The molecule has 106 valence electrons. The Morgan fingerprint density at radius 3 is 2.81 bits per heavy atom. The highest BCUT2D eigenvalue weighted by molar-refractivity contribution is 8.01. The molecule has 3 N–H and O–H groups in total. The van der Waals surface area contributed by atoms with Crippen LogP contribution in [-0.4, -0.2) is 16.0 Å². The number of aryl methyl sites for hydroxylation is 1. The molecule has 0 unspecified atom stereocenters. The maximum Gasteiger partial charge on any atom is 0.170 e. The molecule has 0 radical (unpaired) electrons. The van der Waals surface area contributed by atoms with Gasteiger partial charge in [-0.05, 0) is 42.8 Å². The summed E-state index contributed by atoms with van der Waals surface area (Å²) in [6.07, 6.45) is 0. The SMILES string of the molecule is Cc1cc(Sc2nc3ccccc3s2)ccc1/C(N)=N/O. The van der Waals surface area contributed by atoms with Gasteiger partial charge in [0.2, 0.25) is 0 Å². The van der Waals surface area contributed by atoms with Gasteiger partial charge in [-0.15, -0.1) is 11.3 Å². The second-order valence-corrected chi connectivity index (χ2v) is 6.86. The third-order valence-corrected chi connectivity index (χ3v) is 5.15. The number of benzene rings is 2. The molecule has 0 spiro atoms. The highest BCUT2D eigenvalue weighted by Crippen LogP contribution is 2.34. The van der Waals surface area contributed by atoms with Gasteiger partial charge in [-0.2, -0.15) is 0 Å². The number of hydrogen-bond acceptors (Lipinski definition) is 5. The highest BCUT2D eigenvalue weighted by Gasteiger charge is 2.08. The van der Waals surface area contributed by atoms with E-state index in [2.05, 4.69) is 16.2 Å². The molecule has 3 aromatic rings. The zero-order valence-electron chi connectivity index (χ0n) is 11.3. The number of thiazole rings is 1. The third-order valence-electron chi connectivity index (χ3n) is 3.06. The summed E-state index contributed by atoms with van der Waals surface area (Å²) in [4.78, 5) is 5.69. The van der Waals surface area contributed by atoms with E-state index < -0.39 is 0 Å². The topological polar surface area (TPSA) is 71.5 Å². The molecular formula is C15H13N3OS2. The van der Waals surface area contributed by atoms with Crippen LogP contribution < -0.4 is 5.73 Å². The number of aromatic nitrogens is 1. The Balaban J connectivity index is 1.89. The fraction of sp³-hybridized carbons (Fsp3) is 0.0667. The summed E-state index contributed by atoms with van der Waals surface area (Å²) in [5, 5.41) is 11.8. The Morgan fingerprint density at radius 2 is 2.10 bits per heavy atom. The van der Waals surface area contributed by atoms with Crippen molar-refractivity contribution < 1.29 is 5.21 Å². The second kappa shape index (κ2) is 5.75. The Labute approximate surface area is 130 Å². The first-order chi connectivity index (χ1) is 10.2. The molecule has 0 atom stereocenters. The molecule has 0 saturated heterocycles. The van der Waals surface area contributed by atoms with E-state index in [1.54, 1.807) is 23.1 Å². The monoisotopic (exact) mass is 315 g/mol. The minimum absolute atomic E-state index is 0.129. The molecule has 3 rings (SSSR count). The molecular weight excluding hydrogens is 302 g/mol. The minimum atomic E-state index is 0.129. The van der Waals surface area contributed by atoms with Crippen LogP contribution in [0, 0.1) is 6.92 Å². The first kappa shape index (κ1) is 13.9. The fourth-order valence-electron chi connectivity index (χ4n) is 2.04. The molecule has 21 heavy (non-hydrogen) atoms. The van der Waals surface area contributed by atoms with Crippen molar-refractivity contribution in [2.45, 2.75) is 16.2 Å². The standard InChI is InChI=1S/C15H13N3OS2/c1-9-8-10(6-7-11(9)14(16)18-19)20-15-17-12-4-2-3-5-13(12)21-15/h2-8,19H,1H3,(H2,16,18). The Hall–Kier alpha value is -2.05. The van der Waals surface area contributed by atoms with Crippen LogP contribution >= 0.6 is 23.1 Å². The van der Waals surface area contributed by atoms with Gasteiger partial charge in [-0.25, -0.2) is 4.98 Å². The summed E-state index contributed by atoms with van der Waals surface area (Å²) >= 11 is 3.30. The van der Waals surface area contributed by atoms with Crippen LogP contribution in [0.15, 0.2) is 56.9 Å². The van der Waals surface area contributed by atoms with E-state index in [9.17, 15) is 0 Å². The molecule has 0 saturated carbocycles. The maximum absolute atomic E-state index is 8.75. The Morgan fingerprint density at radius 1 is 1.29 bits per heavy atom. The van der Waals surface area contributed by atoms with Gasteiger partial charge in [0.25, 0.3) is 0 Å². The maximum atomic E-state index is 8.75. The number of oxime groups is 1. The lowest BCUT2D eigenvalue weighted by Crippen LogP contribution is -2.14. The van der Waals surface area contributed by atoms with Gasteiger partial charge in [-0.3, -0.25) is 0 Å². The predicted molar refractivity (Wildman–Crippen MR) is 87.4 cm³/mol. The van der Waals surface area contributed by atoms with Crippen LogP contribution in [0.2, 0.25) is 0 Å². The molecule has 2 aromatic carbocycles. The smallest absolute Gasteiger partial charge is 0.170 e.